The SMILES string of the molecule is Cc1ccc(CN2C(=O)N[C@@]3(CCCNC3)C2=O)cc1. The Morgan fingerprint density at radius 2 is 2.00 bits per heavy atom. The number of imide groups is 1. The molecule has 2 aliphatic rings. The van der Waals surface area contributed by atoms with E-state index in [1.165, 1.54) is 10.5 Å². The highest BCUT2D eigenvalue weighted by Gasteiger charge is 2.51. The van der Waals surface area contributed by atoms with E-state index in [4.69, 9.17) is 0 Å². The van der Waals surface area contributed by atoms with Crippen molar-refractivity contribution in [2.45, 2.75) is 31.8 Å². The normalized spacial score (nSPS) is 26.1. The van der Waals surface area contributed by atoms with Crippen molar-refractivity contribution in [3.63, 3.8) is 0 Å². The Morgan fingerprint density at radius 3 is 2.65 bits per heavy atom. The third-order valence-corrected chi connectivity index (χ3v) is 4.09. The molecule has 3 rings (SSSR count). The van der Waals surface area contributed by atoms with Crippen LogP contribution in [0.15, 0.2) is 24.3 Å². The number of rotatable bonds is 2. The summed E-state index contributed by atoms with van der Waals surface area (Å²) in [5.74, 6) is -0.102. The molecule has 20 heavy (non-hydrogen) atoms. The molecule has 5 nitrogen and oxygen atoms in total. The first-order valence-corrected chi connectivity index (χ1v) is 7.01. The van der Waals surface area contributed by atoms with E-state index in [0.717, 1.165) is 24.9 Å². The molecule has 1 aromatic carbocycles. The zero-order valence-electron chi connectivity index (χ0n) is 11.6. The fourth-order valence-electron chi connectivity index (χ4n) is 2.89. The number of aryl methyl sites for hydroxylation is 1. The van der Waals surface area contributed by atoms with Crippen LogP contribution in [0.4, 0.5) is 4.79 Å². The molecule has 1 spiro atoms. The monoisotopic (exact) mass is 273 g/mol. The summed E-state index contributed by atoms with van der Waals surface area (Å²) >= 11 is 0. The van der Waals surface area contributed by atoms with Crippen molar-refractivity contribution >= 4 is 11.9 Å². The lowest BCUT2D eigenvalue weighted by Gasteiger charge is -2.31. The third-order valence-electron chi connectivity index (χ3n) is 4.09. The summed E-state index contributed by atoms with van der Waals surface area (Å²) in [6.45, 7) is 3.79. The number of carbonyl (C=O) groups excluding carboxylic acids is 2. The summed E-state index contributed by atoms with van der Waals surface area (Å²) in [6.07, 6.45) is 1.62. The van der Waals surface area contributed by atoms with Crippen LogP contribution in [0.3, 0.4) is 0 Å². The van der Waals surface area contributed by atoms with Gasteiger partial charge in [0, 0.05) is 6.54 Å². The zero-order chi connectivity index (χ0) is 14.2. The molecule has 2 saturated heterocycles. The summed E-state index contributed by atoms with van der Waals surface area (Å²) in [5, 5.41) is 6.07. The molecule has 0 aliphatic carbocycles. The number of hydrogen-bond acceptors (Lipinski definition) is 3. The van der Waals surface area contributed by atoms with Crippen LogP contribution in [0, 0.1) is 6.92 Å². The van der Waals surface area contributed by atoms with Crippen molar-refractivity contribution in [2.75, 3.05) is 13.1 Å². The summed E-state index contributed by atoms with van der Waals surface area (Å²) in [6, 6.07) is 7.62. The summed E-state index contributed by atoms with van der Waals surface area (Å²) in [7, 11) is 0. The Morgan fingerprint density at radius 1 is 1.25 bits per heavy atom. The minimum absolute atomic E-state index is 0.102. The lowest BCUT2D eigenvalue weighted by atomic mass is 9.90. The Kier molecular flexibility index (Phi) is 3.22. The lowest BCUT2D eigenvalue weighted by molar-refractivity contribution is -0.132. The molecule has 3 amide bonds. The third kappa shape index (κ3) is 2.18. The number of nitrogens with one attached hydrogen (secondary N) is 2. The van der Waals surface area contributed by atoms with E-state index in [1.807, 2.05) is 31.2 Å². The fraction of sp³-hybridized carbons (Fsp3) is 0.467. The van der Waals surface area contributed by atoms with Crippen LogP contribution < -0.4 is 10.6 Å². The molecule has 5 heteroatoms. The van der Waals surface area contributed by atoms with Crippen molar-refractivity contribution in [2.24, 2.45) is 0 Å². The van der Waals surface area contributed by atoms with Gasteiger partial charge in [-0.1, -0.05) is 29.8 Å². The van der Waals surface area contributed by atoms with Gasteiger partial charge >= 0.3 is 6.03 Å². The highest BCUT2D eigenvalue weighted by Crippen LogP contribution is 2.26. The van der Waals surface area contributed by atoms with Crippen LogP contribution in [-0.4, -0.2) is 35.5 Å². The first kappa shape index (κ1) is 13.1. The van der Waals surface area contributed by atoms with Gasteiger partial charge in [-0.15, -0.1) is 0 Å². The van der Waals surface area contributed by atoms with Crippen molar-refractivity contribution in [1.82, 2.24) is 15.5 Å². The second-order valence-electron chi connectivity index (χ2n) is 5.67. The van der Waals surface area contributed by atoms with Gasteiger partial charge in [0.25, 0.3) is 5.91 Å². The predicted octanol–water partition coefficient (Wildman–Crippen LogP) is 1.17. The highest BCUT2D eigenvalue weighted by molar-refractivity contribution is 6.07. The fourth-order valence-corrected chi connectivity index (χ4v) is 2.89. The minimum Gasteiger partial charge on any atom is -0.322 e. The average Bonchev–Trinajstić information content (AvgIpc) is 2.67. The summed E-state index contributed by atoms with van der Waals surface area (Å²) < 4.78 is 0. The van der Waals surface area contributed by atoms with E-state index in [0.29, 0.717) is 13.1 Å². The smallest absolute Gasteiger partial charge is 0.322 e. The number of piperidine rings is 1. The molecule has 0 unspecified atom stereocenters. The van der Waals surface area contributed by atoms with Crippen molar-refractivity contribution in [3.05, 3.63) is 35.4 Å². The van der Waals surface area contributed by atoms with Crippen LogP contribution in [-0.2, 0) is 11.3 Å². The van der Waals surface area contributed by atoms with Gasteiger partial charge in [-0.25, -0.2) is 4.79 Å². The van der Waals surface area contributed by atoms with Crippen LogP contribution in [0.5, 0.6) is 0 Å². The van der Waals surface area contributed by atoms with Gasteiger partial charge < -0.3 is 10.6 Å². The minimum atomic E-state index is -0.722. The van der Waals surface area contributed by atoms with Gasteiger partial charge in [0.1, 0.15) is 5.54 Å². The standard InChI is InChI=1S/C15H19N3O2/c1-11-3-5-12(6-4-11)9-18-13(19)15(17-14(18)20)7-2-8-16-10-15/h3-6,16H,2,7-10H2,1H3,(H,17,20)/t15-/m1/s1. The topological polar surface area (TPSA) is 61.4 Å². The van der Waals surface area contributed by atoms with E-state index >= 15 is 0 Å². The van der Waals surface area contributed by atoms with E-state index in [1.54, 1.807) is 0 Å². The number of amides is 3. The molecule has 0 bridgehead atoms. The van der Waals surface area contributed by atoms with Crippen molar-refractivity contribution in [1.29, 1.82) is 0 Å². The van der Waals surface area contributed by atoms with E-state index in [9.17, 15) is 9.59 Å². The molecule has 1 atom stereocenters. The van der Waals surface area contributed by atoms with E-state index < -0.39 is 5.54 Å². The molecule has 0 aromatic heterocycles. The molecule has 0 radical (unpaired) electrons. The summed E-state index contributed by atoms with van der Waals surface area (Å²) in [4.78, 5) is 26.0. The first-order chi connectivity index (χ1) is 9.61. The zero-order valence-corrected chi connectivity index (χ0v) is 11.6. The number of benzene rings is 1. The molecular weight excluding hydrogens is 254 g/mol. The van der Waals surface area contributed by atoms with Crippen LogP contribution in [0.25, 0.3) is 0 Å². The first-order valence-electron chi connectivity index (χ1n) is 7.01. The van der Waals surface area contributed by atoms with E-state index in [-0.39, 0.29) is 11.9 Å². The van der Waals surface area contributed by atoms with Gasteiger partial charge in [0.15, 0.2) is 0 Å². The molecular formula is C15H19N3O2. The van der Waals surface area contributed by atoms with Crippen molar-refractivity contribution in [3.8, 4) is 0 Å². The largest absolute Gasteiger partial charge is 0.325 e. The second-order valence-corrected chi connectivity index (χ2v) is 5.67. The maximum Gasteiger partial charge on any atom is 0.325 e. The van der Waals surface area contributed by atoms with Gasteiger partial charge in [0.2, 0.25) is 0 Å². The number of hydrogen-bond donors (Lipinski definition) is 2. The van der Waals surface area contributed by atoms with Gasteiger partial charge in [-0.3, -0.25) is 9.69 Å². The number of carbonyl (C=O) groups is 2. The quantitative estimate of drug-likeness (QED) is 0.795. The maximum atomic E-state index is 12.6. The van der Waals surface area contributed by atoms with Gasteiger partial charge in [-0.05, 0) is 31.9 Å². The highest BCUT2D eigenvalue weighted by atomic mass is 16.2. The van der Waals surface area contributed by atoms with Crippen molar-refractivity contribution < 1.29 is 9.59 Å². The Labute approximate surface area is 118 Å². The molecule has 2 aliphatic heterocycles. The second kappa shape index (κ2) is 4.90. The molecule has 2 fully saturated rings. The lowest BCUT2D eigenvalue weighted by Crippen LogP contribution is -2.57. The predicted molar refractivity (Wildman–Crippen MR) is 75.1 cm³/mol. The molecule has 1 aromatic rings. The Hall–Kier alpha value is -1.88. The van der Waals surface area contributed by atoms with Crippen LogP contribution in [0.1, 0.15) is 24.0 Å². The summed E-state index contributed by atoms with van der Waals surface area (Å²) in [5.41, 5.74) is 1.42. The maximum absolute atomic E-state index is 12.6. The number of nitrogens with zero attached hydrogens (tertiary/aromatic N) is 1. The van der Waals surface area contributed by atoms with Crippen LogP contribution in [0.2, 0.25) is 0 Å². The molecule has 0 saturated carbocycles. The molecule has 106 valence electrons. The molecule has 2 N–H and O–H groups in total. The average molecular weight is 273 g/mol. The Bertz CT molecular complexity index is 533. The Balaban J connectivity index is 1.78. The van der Waals surface area contributed by atoms with Gasteiger partial charge in [0.05, 0.1) is 6.54 Å². The van der Waals surface area contributed by atoms with E-state index in [2.05, 4.69) is 10.6 Å². The van der Waals surface area contributed by atoms with Crippen LogP contribution >= 0.6 is 0 Å². The number of urea groups is 1. The van der Waals surface area contributed by atoms with Gasteiger partial charge in [-0.2, -0.15) is 0 Å². The molecule has 2 heterocycles.